The average molecular weight is 182 g/mol. The van der Waals surface area contributed by atoms with Crippen LogP contribution in [-0.4, -0.2) is 11.3 Å². The minimum absolute atomic E-state index is 0.601. The molecule has 0 radical (unpaired) electrons. The fourth-order valence-corrected chi connectivity index (χ4v) is 1.42. The first kappa shape index (κ1) is 8.93. The standard InChI is InChI=1S/C8H10N2OS/c9-8-10-7(6-12-8)4-2-1-3-5-11/h1,3,5-6H,2,4H2,(H2,9,10). The van der Waals surface area contributed by atoms with Gasteiger partial charge in [-0.25, -0.2) is 4.98 Å². The Bertz CT molecular complexity index is 280. The zero-order valence-corrected chi connectivity index (χ0v) is 7.38. The number of thiazole rings is 1. The molecular weight excluding hydrogens is 172 g/mol. The van der Waals surface area contributed by atoms with Crippen LogP contribution in [-0.2, 0) is 11.2 Å². The normalized spacial score (nSPS) is 10.7. The number of nitrogen functional groups attached to an aromatic ring is 1. The molecule has 0 bridgehead atoms. The van der Waals surface area contributed by atoms with Crippen LogP contribution < -0.4 is 5.73 Å². The molecule has 1 rings (SSSR count). The second kappa shape index (κ2) is 4.66. The summed E-state index contributed by atoms with van der Waals surface area (Å²) in [5.41, 5.74) is 6.44. The highest BCUT2D eigenvalue weighted by atomic mass is 32.1. The summed E-state index contributed by atoms with van der Waals surface area (Å²) in [4.78, 5) is 14.0. The molecule has 0 fully saturated rings. The van der Waals surface area contributed by atoms with Gasteiger partial charge >= 0.3 is 0 Å². The van der Waals surface area contributed by atoms with Crippen LogP contribution in [0.4, 0.5) is 5.13 Å². The van der Waals surface area contributed by atoms with Gasteiger partial charge in [0.1, 0.15) is 6.29 Å². The SMILES string of the molecule is Nc1nc(CCC=CC=O)cs1. The van der Waals surface area contributed by atoms with E-state index in [9.17, 15) is 4.79 Å². The summed E-state index contributed by atoms with van der Waals surface area (Å²) in [6.07, 6.45) is 5.77. The van der Waals surface area contributed by atoms with Gasteiger partial charge in [0.15, 0.2) is 5.13 Å². The molecule has 0 saturated carbocycles. The van der Waals surface area contributed by atoms with Crippen molar-refractivity contribution in [3.05, 3.63) is 23.2 Å². The van der Waals surface area contributed by atoms with Gasteiger partial charge in [0.05, 0.1) is 5.69 Å². The van der Waals surface area contributed by atoms with Gasteiger partial charge < -0.3 is 5.73 Å². The Kier molecular flexibility index (Phi) is 3.47. The molecule has 64 valence electrons. The van der Waals surface area contributed by atoms with E-state index in [2.05, 4.69) is 4.98 Å². The van der Waals surface area contributed by atoms with Crippen molar-refractivity contribution in [2.75, 3.05) is 5.73 Å². The molecule has 1 aromatic heterocycles. The van der Waals surface area contributed by atoms with Gasteiger partial charge in [-0.2, -0.15) is 0 Å². The number of aromatic nitrogens is 1. The maximum absolute atomic E-state index is 9.90. The largest absolute Gasteiger partial charge is 0.375 e. The number of hydrogen-bond acceptors (Lipinski definition) is 4. The number of anilines is 1. The van der Waals surface area contributed by atoms with Gasteiger partial charge in [-0.1, -0.05) is 6.08 Å². The van der Waals surface area contributed by atoms with Crippen LogP contribution in [0.2, 0.25) is 0 Å². The van der Waals surface area contributed by atoms with E-state index in [1.54, 1.807) is 0 Å². The Morgan fingerprint density at radius 1 is 1.67 bits per heavy atom. The van der Waals surface area contributed by atoms with Crippen LogP contribution in [0.3, 0.4) is 0 Å². The van der Waals surface area contributed by atoms with Crippen LogP contribution in [0.25, 0.3) is 0 Å². The van der Waals surface area contributed by atoms with Gasteiger partial charge in [0.2, 0.25) is 0 Å². The summed E-state index contributed by atoms with van der Waals surface area (Å²) in [5.74, 6) is 0. The Labute approximate surface area is 74.9 Å². The molecular formula is C8H10N2OS. The minimum atomic E-state index is 0.601. The molecule has 3 nitrogen and oxygen atoms in total. The van der Waals surface area contributed by atoms with Crippen molar-refractivity contribution in [1.29, 1.82) is 0 Å². The number of aldehydes is 1. The van der Waals surface area contributed by atoms with Crippen LogP contribution >= 0.6 is 11.3 Å². The third kappa shape index (κ3) is 2.84. The maximum atomic E-state index is 9.90. The topological polar surface area (TPSA) is 56.0 Å². The van der Waals surface area contributed by atoms with Gasteiger partial charge in [-0.05, 0) is 18.9 Å². The van der Waals surface area contributed by atoms with Gasteiger partial charge in [-0.15, -0.1) is 11.3 Å². The quantitative estimate of drug-likeness (QED) is 0.566. The highest BCUT2D eigenvalue weighted by molar-refractivity contribution is 7.13. The lowest BCUT2D eigenvalue weighted by molar-refractivity contribution is -0.104. The first-order valence-electron chi connectivity index (χ1n) is 3.63. The van der Waals surface area contributed by atoms with Crippen molar-refractivity contribution in [2.24, 2.45) is 0 Å². The Morgan fingerprint density at radius 3 is 3.08 bits per heavy atom. The fourth-order valence-electron chi connectivity index (χ4n) is 0.820. The Balaban J connectivity index is 2.33. The highest BCUT2D eigenvalue weighted by Crippen LogP contribution is 2.12. The second-order valence-corrected chi connectivity index (χ2v) is 3.17. The molecule has 0 aliphatic heterocycles. The molecule has 0 spiro atoms. The molecule has 0 aliphatic rings. The molecule has 0 amide bonds. The lowest BCUT2D eigenvalue weighted by atomic mass is 10.2. The number of aryl methyl sites for hydroxylation is 1. The Morgan fingerprint density at radius 2 is 2.50 bits per heavy atom. The molecule has 0 unspecified atom stereocenters. The minimum Gasteiger partial charge on any atom is -0.375 e. The van der Waals surface area contributed by atoms with Gasteiger partial charge in [-0.3, -0.25) is 4.79 Å². The Hall–Kier alpha value is -1.16. The maximum Gasteiger partial charge on any atom is 0.180 e. The van der Waals surface area contributed by atoms with Crippen molar-refractivity contribution in [2.45, 2.75) is 12.8 Å². The molecule has 4 heteroatoms. The summed E-state index contributed by atoms with van der Waals surface area (Å²) in [6.45, 7) is 0. The van der Waals surface area contributed by atoms with Gasteiger partial charge in [0, 0.05) is 5.38 Å². The monoisotopic (exact) mass is 182 g/mol. The van der Waals surface area contributed by atoms with Gasteiger partial charge in [0.25, 0.3) is 0 Å². The zero-order valence-electron chi connectivity index (χ0n) is 6.56. The molecule has 0 aromatic carbocycles. The first-order chi connectivity index (χ1) is 5.83. The van der Waals surface area contributed by atoms with Crippen molar-refractivity contribution < 1.29 is 4.79 Å². The van der Waals surface area contributed by atoms with Crippen LogP contribution in [0.1, 0.15) is 12.1 Å². The average Bonchev–Trinajstić information content (AvgIpc) is 2.45. The summed E-state index contributed by atoms with van der Waals surface area (Å²) in [7, 11) is 0. The molecule has 0 atom stereocenters. The number of nitrogens with two attached hydrogens (primary N) is 1. The molecule has 2 N–H and O–H groups in total. The molecule has 0 aliphatic carbocycles. The van der Waals surface area contributed by atoms with E-state index in [1.165, 1.54) is 17.4 Å². The predicted molar refractivity (Wildman–Crippen MR) is 50.1 cm³/mol. The van der Waals surface area contributed by atoms with Crippen molar-refractivity contribution in [1.82, 2.24) is 4.98 Å². The number of rotatable bonds is 4. The number of hydrogen-bond donors (Lipinski definition) is 1. The van der Waals surface area contributed by atoms with E-state index < -0.39 is 0 Å². The van der Waals surface area contributed by atoms with Crippen molar-refractivity contribution in [3.63, 3.8) is 0 Å². The van der Waals surface area contributed by atoms with Crippen LogP contribution in [0.15, 0.2) is 17.5 Å². The number of carbonyl (C=O) groups is 1. The van der Waals surface area contributed by atoms with Crippen LogP contribution in [0, 0.1) is 0 Å². The molecule has 1 aromatic rings. The molecule has 12 heavy (non-hydrogen) atoms. The molecule has 1 heterocycles. The number of allylic oxidation sites excluding steroid dienone is 2. The summed E-state index contributed by atoms with van der Waals surface area (Å²) >= 11 is 1.44. The lowest BCUT2D eigenvalue weighted by Crippen LogP contribution is -1.86. The predicted octanol–water partition coefficient (Wildman–Crippen LogP) is 1.41. The van der Waals surface area contributed by atoms with Crippen molar-refractivity contribution in [3.8, 4) is 0 Å². The highest BCUT2D eigenvalue weighted by Gasteiger charge is 1.95. The van der Waals surface area contributed by atoms with E-state index in [0.717, 1.165) is 24.8 Å². The number of carbonyl (C=O) groups excluding carboxylic acids is 1. The van der Waals surface area contributed by atoms with E-state index >= 15 is 0 Å². The van der Waals surface area contributed by atoms with E-state index in [4.69, 9.17) is 5.73 Å². The van der Waals surface area contributed by atoms with Crippen molar-refractivity contribution >= 4 is 22.8 Å². The smallest absolute Gasteiger partial charge is 0.180 e. The fraction of sp³-hybridized carbons (Fsp3) is 0.250. The third-order valence-electron chi connectivity index (χ3n) is 1.35. The van der Waals surface area contributed by atoms with E-state index in [-0.39, 0.29) is 0 Å². The van der Waals surface area contributed by atoms with Crippen LogP contribution in [0.5, 0.6) is 0 Å². The number of nitrogens with zero attached hydrogens (tertiary/aromatic N) is 1. The van der Waals surface area contributed by atoms with E-state index in [1.807, 2.05) is 11.5 Å². The first-order valence-corrected chi connectivity index (χ1v) is 4.51. The summed E-state index contributed by atoms with van der Waals surface area (Å²) in [6, 6.07) is 0. The zero-order chi connectivity index (χ0) is 8.81. The van der Waals surface area contributed by atoms with E-state index in [0.29, 0.717) is 5.13 Å². The summed E-state index contributed by atoms with van der Waals surface area (Å²) in [5, 5.41) is 2.54. The second-order valence-electron chi connectivity index (χ2n) is 2.28. The summed E-state index contributed by atoms with van der Waals surface area (Å²) < 4.78 is 0. The third-order valence-corrected chi connectivity index (χ3v) is 2.07. The lowest BCUT2D eigenvalue weighted by Gasteiger charge is -1.88. The molecule has 0 saturated heterocycles.